The van der Waals surface area contributed by atoms with E-state index in [-0.39, 0.29) is 15.9 Å². The lowest BCUT2D eigenvalue weighted by molar-refractivity contribution is 0.598. The Kier molecular flexibility index (Phi) is 5.49. The second kappa shape index (κ2) is 8.46. The Hall–Kier alpha value is -4.69. The maximum absolute atomic E-state index is 13.1. The fourth-order valence-corrected chi connectivity index (χ4v) is 4.58. The standard InChI is InChI=1S/C26H20N6O4S/c1-26(2,14-27)16-5-4-6-17(11-16)32-23-18(24(33)31-25(32)34)13-28-20-9-8-19(30-22(20)23)15-7-10-21(29-12-15)37(3,35)36/h4-13H,1-3H3,(H,31,33,34). The van der Waals surface area contributed by atoms with Crippen LogP contribution < -0.4 is 11.2 Å². The van der Waals surface area contributed by atoms with E-state index < -0.39 is 26.5 Å². The molecule has 0 aliphatic carbocycles. The van der Waals surface area contributed by atoms with Crippen molar-refractivity contribution in [2.24, 2.45) is 0 Å². The first-order chi connectivity index (χ1) is 17.5. The van der Waals surface area contributed by atoms with Gasteiger partial charge >= 0.3 is 5.69 Å². The van der Waals surface area contributed by atoms with Gasteiger partial charge in [0.05, 0.1) is 39.3 Å². The lowest BCUT2D eigenvalue weighted by Gasteiger charge is -2.18. The van der Waals surface area contributed by atoms with E-state index in [1.54, 1.807) is 56.3 Å². The number of nitrogens with zero attached hydrogens (tertiary/aromatic N) is 5. The number of aromatic nitrogens is 5. The minimum atomic E-state index is -3.47. The molecule has 0 aliphatic rings. The molecule has 0 fully saturated rings. The Balaban J connectivity index is 1.82. The van der Waals surface area contributed by atoms with E-state index in [1.165, 1.54) is 23.0 Å². The molecule has 0 saturated heterocycles. The Morgan fingerprint density at radius 1 is 1.03 bits per heavy atom. The van der Waals surface area contributed by atoms with Gasteiger partial charge in [-0.3, -0.25) is 19.3 Å². The molecule has 0 atom stereocenters. The highest BCUT2D eigenvalue weighted by molar-refractivity contribution is 7.90. The number of hydrogen-bond donors (Lipinski definition) is 1. The lowest BCUT2D eigenvalue weighted by atomic mass is 9.86. The van der Waals surface area contributed by atoms with Crippen molar-refractivity contribution in [3.63, 3.8) is 0 Å². The molecular weight excluding hydrogens is 492 g/mol. The number of sulfone groups is 1. The van der Waals surface area contributed by atoms with Crippen LogP contribution in [0.5, 0.6) is 0 Å². The van der Waals surface area contributed by atoms with Gasteiger partial charge in [0.2, 0.25) is 0 Å². The molecule has 0 amide bonds. The van der Waals surface area contributed by atoms with Crippen LogP contribution in [0.1, 0.15) is 19.4 Å². The summed E-state index contributed by atoms with van der Waals surface area (Å²) in [6, 6.07) is 15.6. The zero-order chi connectivity index (χ0) is 26.5. The fourth-order valence-electron chi connectivity index (χ4n) is 4.02. The van der Waals surface area contributed by atoms with Crippen molar-refractivity contribution in [3.05, 3.63) is 87.3 Å². The number of rotatable bonds is 4. The maximum atomic E-state index is 13.1. The van der Waals surface area contributed by atoms with Gasteiger partial charge in [0.25, 0.3) is 5.56 Å². The molecule has 4 heterocycles. The number of benzene rings is 1. The smallest absolute Gasteiger partial charge is 0.273 e. The molecule has 1 N–H and O–H groups in total. The zero-order valence-corrected chi connectivity index (χ0v) is 20.9. The number of hydrogen-bond acceptors (Lipinski definition) is 8. The van der Waals surface area contributed by atoms with Crippen molar-refractivity contribution in [1.29, 1.82) is 5.26 Å². The third-order valence-electron chi connectivity index (χ3n) is 6.10. The molecule has 184 valence electrons. The molecule has 0 spiro atoms. The number of H-pyrrole nitrogens is 1. The van der Waals surface area contributed by atoms with E-state index in [0.29, 0.717) is 33.5 Å². The van der Waals surface area contributed by atoms with Crippen LogP contribution in [0, 0.1) is 11.3 Å². The maximum Gasteiger partial charge on any atom is 0.333 e. The van der Waals surface area contributed by atoms with Crippen molar-refractivity contribution in [2.45, 2.75) is 24.3 Å². The lowest BCUT2D eigenvalue weighted by Crippen LogP contribution is -2.30. The molecule has 5 rings (SSSR count). The van der Waals surface area contributed by atoms with Gasteiger partial charge < -0.3 is 0 Å². The second-order valence-electron chi connectivity index (χ2n) is 9.12. The average molecular weight is 513 g/mol. The Labute approximate surface area is 210 Å². The summed E-state index contributed by atoms with van der Waals surface area (Å²) in [5, 5.41) is 9.69. The number of fused-ring (bicyclic) bond motifs is 3. The van der Waals surface area contributed by atoms with Crippen LogP contribution in [-0.2, 0) is 15.3 Å². The normalized spacial score (nSPS) is 12.1. The Bertz CT molecular complexity index is 1990. The number of nitrogens with one attached hydrogen (secondary N) is 1. The Morgan fingerprint density at radius 3 is 2.49 bits per heavy atom. The highest BCUT2D eigenvalue weighted by Gasteiger charge is 2.22. The van der Waals surface area contributed by atoms with E-state index in [9.17, 15) is 23.3 Å². The van der Waals surface area contributed by atoms with Gasteiger partial charge in [-0.05, 0) is 55.8 Å². The molecular formula is C26H20N6O4S. The summed E-state index contributed by atoms with van der Waals surface area (Å²) in [6.45, 7) is 3.55. The summed E-state index contributed by atoms with van der Waals surface area (Å²) in [6.07, 6.45) is 3.86. The second-order valence-corrected chi connectivity index (χ2v) is 11.1. The summed E-state index contributed by atoms with van der Waals surface area (Å²) in [5.41, 5.74) is 1.07. The molecule has 1 aromatic carbocycles. The van der Waals surface area contributed by atoms with E-state index in [0.717, 1.165) is 6.26 Å². The van der Waals surface area contributed by atoms with E-state index in [4.69, 9.17) is 4.98 Å². The molecule has 5 aromatic rings. The predicted molar refractivity (Wildman–Crippen MR) is 138 cm³/mol. The summed E-state index contributed by atoms with van der Waals surface area (Å²) >= 11 is 0. The Morgan fingerprint density at radius 2 is 1.81 bits per heavy atom. The summed E-state index contributed by atoms with van der Waals surface area (Å²) in [7, 11) is -3.47. The van der Waals surface area contributed by atoms with Crippen molar-refractivity contribution in [3.8, 4) is 23.0 Å². The minimum Gasteiger partial charge on any atom is -0.273 e. The van der Waals surface area contributed by atoms with Gasteiger partial charge in [-0.25, -0.2) is 23.2 Å². The van der Waals surface area contributed by atoms with Gasteiger partial charge in [-0.1, -0.05) is 12.1 Å². The van der Waals surface area contributed by atoms with Crippen molar-refractivity contribution < 1.29 is 8.42 Å². The molecule has 4 aromatic heterocycles. The topological polar surface area (TPSA) is 151 Å². The van der Waals surface area contributed by atoms with Crippen molar-refractivity contribution in [2.75, 3.05) is 6.26 Å². The average Bonchev–Trinajstić information content (AvgIpc) is 2.88. The molecule has 0 saturated carbocycles. The van der Waals surface area contributed by atoms with Crippen LogP contribution in [0.3, 0.4) is 0 Å². The number of pyridine rings is 3. The third kappa shape index (κ3) is 4.17. The number of aromatic amines is 1. The van der Waals surface area contributed by atoms with Crippen LogP contribution in [0.15, 0.2) is 75.5 Å². The van der Waals surface area contributed by atoms with Gasteiger partial charge in [0.15, 0.2) is 14.9 Å². The highest BCUT2D eigenvalue weighted by Crippen LogP contribution is 2.28. The fraction of sp³-hybridized carbons (Fsp3) is 0.154. The molecule has 0 aliphatic heterocycles. The molecule has 10 nitrogen and oxygen atoms in total. The predicted octanol–water partition coefficient (Wildman–Crippen LogP) is 2.89. The van der Waals surface area contributed by atoms with E-state index in [1.807, 2.05) is 0 Å². The first kappa shape index (κ1) is 24.0. The first-order valence-corrected chi connectivity index (χ1v) is 13.0. The molecule has 0 unspecified atom stereocenters. The van der Waals surface area contributed by atoms with Gasteiger partial charge in [-0.15, -0.1) is 0 Å². The van der Waals surface area contributed by atoms with Crippen LogP contribution in [-0.4, -0.2) is 39.2 Å². The van der Waals surface area contributed by atoms with Crippen LogP contribution in [0.4, 0.5) is 0 Å². The summed E-state index contributed by atoms with van der Waals surface area (Å²) in [4.78, 5) is 41.3. The van der Waals surface area contributed by atoms with Crippen LogP contribution >= 0.6 is 0 Å². The number of nitriles is 1. The monoisotopic (exact) mass is 512 g/mol. The SMILES string of the molecule is CC(C)(C#N)c1cccc(-n2c(=O)[nH]c(=O)c3cnc4ccc(-c5ccc(S(C)(=O)=O)nc5)nc4c32)c1. The van der Waals surface area contributed by atoms with Crippen LogP contribution in [0.25, 0.3) is 38.9 Å². The van der Waals surface area contributed by atoms with Crippen LogP contribution in [0.2, 0.25) is 0 Å². The van der Waals surface area contributed by atoms with E-state index in [2.05, 4.69) is 21.0 Å². The molecule has 0 radical (unpaired) electrons. The largest absolute Gasteiger partial charge is 0.333 e. The third-order valence-corrected chi connectivity index (χ3v) is 7.10. The first-order valence-electron chi connectivity index (χ1n) is 11.1. The van der Waals surface area contributed by atoms with Gasteiger partial charge in [-0.2, -0.15) is 5.26 Å². The molecule has 11 heteroatoms. The quantitative estimate of drug-likeness (QED) is 0.361. The van der Waals surface area contributed by atoms with E-state index >= 15 is 0 Å². The summed E-state index contributed by atoms with van der Waals surface area (Å²) < 4.78 is 24.9. The highest BCUT2D eigenvalue weighted by atomic mass is 32.2. The van der Waals surface area contributed by atoms with Crippen molar-refractivity contribution in [1.82, 2.24) is 24.5 Å². The molecule has 37 heavy (non-hydrogen) atoms. The summed E-state index contributed by atoms with van der Waals surface area (Å²) in [5.74, 6) is 0. The van der Waals surface area contributed by atoms with Gasteiger partial charge in [0, 0.05) is 24.2 Å². The molecule has 0 bridgehead atoms. The van der Waals surface area contributed by atoms with Gasteiger partial charge in [0.1, 0.15) is 5.52 Å². The minimum absolute atomic E-state index is 0.0651. The zero-order valence-electron chi connectivity index (χ0n) is 20.1. The van der Waals surface area contributed by atoms with Crippen molar-refractivity contribution >= 4 is 31.8 Å².